The summed E-state index contributed by atoms with van der Waals surface area (Å²) in [6.45, 7) is 8.44. The molecule has 0 bridgehead atoms. The van der Waals surface area contributed by atoms with Crippen LogP contribution in [0.4, 0.5) is 5.82 Å². The molecule has 1 aromatic heterocycles. The molecule has 0 atom stereocenters. The molecule has 0 radical (unpaired) electrons. The zero-order chi connectivity index (χ0) is 13.9. The van der Waals surface area contributed by atoms with Gasteiger partial charge in [0, 0.05) is 13.1 Å². The summed E-state index contributed by atoms with van der Waals surface area (Å²) in [5, 5.41) is 11.0. The second kappa shape index (κ2) is 5.52. The van der Waals surface area contributed by atoms with E-state index in [9.17, 15) is 4.79 Å². The zero-order valence-corrected chi connectivity index (χ0v) is 11.6. The quantitative estimate of drug-likeness (QED) is 0.887. The van der Waals surface area contributed by atoms with Crippen LogP contribution in [-0.2, 0) is 4.74 Å². The van der Waals surface area contributed by atoms with Gasteiger partial charge in [0.1, 0.15) is 5.82 Å². The van der Waals surface area contributed by atoms with Crippen LogP contribution in [-0.4, -0.2) is 52.8 Å². The number of rotatable bonds is 3. The Kier molecular flexibility index (Phi) is 3.99. The first-order chi connectivity index (χ1) is 9.04. The van der Waals surface area contributed by atoms with Crippen molar-refractivity contribution in [3.63, 3.8) is 0 Å². The Bertz CT molecular complexity index is 444. The van der Waals surface area contributed by atoms with Crippen LogP contribution in [0.1, 0.15) is 31.3 Å². The highest BCUT2D eigenvalue weighted by Gasteiger charge is 2.35. The Morgan fingerprint density at radius 2 is 2.26 bits per heavy atom. The third-order valence-corrected chi connectivity index (χ3v) is 3.13. The van der Waals surface area contributed by atoms with Gasteiger partial charge in [0.15, 0.2) is 5.69 Å². The highest BCUT2D eigenvalue weighted by atomic mass is 16.5. The summed E-state index contributed by atoms with van der Waals surface area (Å²) in [5.41, 5.74) is 0.0637. The number of ether oxygens (including phenoxy) is 1. The van der Waals surface area contributed by atoms with E-state index in [1.165, 1.54) is 0 Å². The molecule has 1 saturated heterocycles. The Labute approximate surface area is 113 Å². The Balaban J connectivity index is 2.14. The molecule has 0 saturated carbocycles. The SMILES string of the molecule is CCNc1ccc(C(=O)N2CCOCC2(C)C)nn1. The molecule has 0 unspecified atom stereocenters. The lowest BCUT2D eigenvalue weighted by molar-refractivity contribution is -0.0373. The van der Waals surface area contributed by atoms with Crippen molar-refractivity contribution in [2.24, 2.45) is 0 Å². The van der Waals surface area contributed by atoms with E-state index in [-0.39, 0.29) is 11.4 Å². The van der Waals surface area contributed by atoms with E-state index in [1.54, 1.807) is 17.0 Å². The van der Waals surface area contributed by atoms with Gasteiger partial charge in [-0.3, -0.25) is 4.79 Å². The number of morpholine rings is 1. The van der Waals surface area contributed by atoms with Crippen molar-refractivity contribution >= 4 is 11.7 Å². The normalized spacial score (nSPS) is 18.2. The number of carbonyl (C=O) groups is 1. The fourth-order valence-corrected chi connectivity index (χ4v) is 2.09. The minimum atomic E-state index is -0.308. The summed E-state index contributed by atoms with van der Waals surface area (Å²) >= 11 is 0. The first kappa shape index (κ1) is 13.7. The number of hydrogen-bond donors (Lipinski definition) is 1. The molecule has 1 N–H and O–H groups in total. The van der Waals surface area contributed by atoms with Crippen molar-refractivity contribution in [3.05, 3.63) is 17.8 Å². The van der Waals surface area contributed by atoms with Crippen LogP contribution in [0.5, 0.6) is 0 Å². The van der Waals surface area contributed by atoms with Crippen LogP contribution < -0.4 is 5.32 Å². The molecule has 0 aromatic carbocycles. The number of nitrogens with zero attached hydrogens (tertiary/aromatic N) is 3. The van der Waals surface area contributed by atoms with Crippen molar-refractivity contribution in [2.75, 3.05) is 31.6 Å². The van der Waals surface area contributed by atoms with Gasteiger partial charge in [-0.05, 0) is 32.9 Å². The van der Waals surface area contributed by atoms with Crippen LogP contribution >= 0.6 is 0 Å². The highest BCUT2D eigenvalue weighted by molar-refractivity contribution is 5.92. The third-order valence-electron chi connectivity index (χ3n) is 3.13. The monoisotopic (exact) mass is 264 g/mol. The standard InChI is InChI=1S/C13H20N4O2/c1-4-14-11-6-5-10(15-16-11)12(18)17-7-8-19-9-13(17,2)3/h5-6H,4,7-9H2,1-3H3,(H,14,16). The maximum absolute atomic E-state index is 12.4. The van der Waals surface area contributed by atoms with Gasteiger partial charge in [0.2, 0.25) is 0 Å². The molecule has 1 aliphatic rings. The largest absolute Gasteiger partial charge is 0.377 e. The van der Waals surface area contributed by atoms with Gasteiger partial charge in [-0.15, -0.1) is 10.2 Å². The average Bonchev–Trinajstić information content (AvgIpc) is 2.39. The van der Waals surface area contributed by atoms with Gasteiger partial charge in [-0.1, -0.05) is 0 Å². The summed E-state index contributed by atoms with van der Waals surface area (Å²) in [7, 11) is 0. The number of amides is 1. The molecule has 2 rings (SSSR count). The smallest absolute Gasteiger partial charge is 0.274 e. The molecule has 104 valence electrons. The van der Waals surface area contributed by atoms with Crippen molar-refractivity contribution in [2.45, 2.75) is 26.3 Å². The molecule has 0 aliphatic carbocycles. The predicted molar refractivity (Wildman–Crippen MR) is 72.1 cm³/mol. The molecule has 1 aliphatic heterocycles. The molecule has 0 spiro atoms. The number of anilines is 1. The van der Waals surface area contributed by atoms with Crippen LogP contribution in [0.25, 0.3) is 0 Å². The molecule has 6 nitrogen and oxygen atoms in total. The maximum Gasteiger partial charge on any atom is 0.274 e. The van der Waals surface area contributed by atoms with Gasteiger partial charge in [0.25, 0.3) is 5.91 Å². The number of hydrogen-bond acceptors (Lipinski definition) is 5. The first-order valence-corrected chi connectivity index (χ1v) is 6.52. The number of nitrogens with one attached hydrogen (secondary N) is 1. The lowest BCUT2D eigenvalue weighted by atomic mass is 10.0. The van der Waals surface area contributed by atoms with Gasteiger partial charge in [0.05, 0.1) is 18.8 Å². The molecule has 1 amide bonds. The molecular formula is C13H20N4O2. The molecular weight excluding hydrogens is 244 g/mol. The van der Waals surface area contributed by atoms with Crippen molar-refractivity contribution < 1.29 is 9.53 Å². The number of aromatic nitrogens is 2. The van der Waals surface area contributed by atoms with E-state index < -0.39 is 0 Å². The molecule has 6 heteroatoms. The van der Waals surface area contributed by atoms with Crippen LogP contribution in [0.3, 0.4) is 0 Å². The molecule has 1 aromatic rings. The third kappa shape index (κ3) is 3.01. The summed E-state index contributed by atoms with van der Waals surface area (Å²) in [6.07, 6.45) is 0. The fourth-order valence-electron chi connectivity index (χ4n) is 2.09. The average molecular weight is 264 g/mol. The highest BCUT2D eigenvalue weighted by Crippen LogP contribution is 2.21. The maximum atomic E-state index is 12.4. The minimum absolute atomic E-state index is 0.0937. The van der Waals surface area contributed by atoms with E-state index >= 15 is 0 Å². The lowest BCUT2D eigenvalue weighted by Crippen LogP contribution is -2.55. The van der Waals surface area contributed by atoms with E-state index in [4.69, 9.17) is 4.74 Å². The zero-order valence-electron chi connectivity index (χ0n) is 11.6. The van der Waals surface area contributed by atoms with E-state index in [1.807, 2.05) is 20.8 Å². The van der Waals surface area contributed by atoms with Gasteiger partial charge in [-0.25, -0.2) is 0 Å². The molecule has 2 heterocycles. The van der Waals surface area contributed by atoms with Crippen LogP contribution in [0.2, 0.25) is 0 Å². The van der Waals surface area contributed by atoms with Crippen molar-refractivity contribution in [1.82, 2.24) is 15.1 Å². The van der Waals surface area contributed by atoms with Crippen LogP contribution in [0.15, 0.2) is 12.1 Å². The Hall–Kier alpha value is -1.69. The Morgan fingerprint density at radius 1 is 1.47 bits per heavy atom. The van der Waals surface area contributed by atoms with E-state index in [2.05, 4.69) is 15.5 Å². The first-order valence-electron chi connectivity index (χ1n) is 6.52. The second-order valence-corrected chi connectivity index (χ2v) is 5.16. The second-order valence-electron chi connectivity index (χ2n) is 5.16. The van der Waals surface area contributed by atoms with E-state index in [0.717, 1.165) is 6.54 Å². The van der Waals surface area contributed by atoms with Gasteiger partial charge in [-0.2, -0.15) is 0 Å². The van der Waals surface area contributed by atoms with Gasteiger partial charge < -0.3 is 15.0 Å². The molecule has 1 fully saturated rings. The number of carbonyl (C=O) groups excluding carboxylic acids is 1. The summed E-state index contributed by atoms with van der Waals surface area (Å²) in [5.74, 6) is 0.587. The summed E-state index contributed by atoms with van der Waals surface area (Å²) in [4.78, 5) is 14.2. The fraction of sp³-hybridized carbons (Fsp3) is 0.615. The van der Waals surface area contributed by atoms with Crippen LogP contribution in [0, 0.1) is 0 Å². The summed E-state index contributed by atoms with van der Waals surface area (Å²) < 4.78 is 5.41. The lowest BCUT2D eigenvalue weighted by Gasteiger charge is -2.41. The van der Waals surface area contributed by atoms with E-state index in [0.29, 0.717) is 31.3 Å². The van der Waals surface area contributed by atoms with Gasteiger partial charge >= 0.3 is 0 Å². The predicted octanol–water partition coefficient (Wildman–Crippen LogP) is 1.16. The topological polar surface area (TPSA) is 67.4 Å². The Morgan fingerprint density at radius 3 is 2.84 bits per heavy atom. The van der Waals surface area contributed by atoms with Crippen molar-refractivity contribution in [3.8, 4) is 0 Å². The minimum Gasteiger partial charge on any atom is -0.377 e. The summed E-state index contributed by atoms with van der Waals surface area (Å²) in [6, 6.07) is 3.48. The molecule has 19 heavy (non-hydrogen) atoms. The van der Waals surface area contributed by atoms with Crippen molar-refractivity contribution in [1.29, 1.82) is 0 Å².